The first-order valence-electron chi connectivity index (χ1n) is 9.63. The van der Waals surface area contributed by atoms with Crippen LogP contribution in [0.4, 0.5) is 11.4 Å². The zero-order chi connectivity index (χ0) is 19.1. The summed E-state index contributed by atoms with van der Waals surface area (Å²) in [5.74, 6) is 0.880. The van der Waals surface area contributed by atoms with Gasteiger partial charge in [-0.05, 0) is 44.7 Å². The molecule has 5 heteroatoms. The Bertz CT molecular complexity index is 737. The molecule has 1 heterocycles. The van der Waals surface area contributed by atoms with E-state index in [0.717, 1.165) is 43.3 Å². The average molecular weight is 367 g/mol. The fourth-order valence-electron chi connectivity index (χ4n) is 3.17. The Hall–Kier alpha value is -2.53. The zero-order valence-electron chi connectivity index (χ0n) is 16.3. The monoisotopic (exact) mass is 367 g/mol. The number of carbonyl (C=O) groups excluding carboxylic acids is 1. The van der Waals surface area contributed by atoms with Gasteiger partial charge in [0, 0.05) is 32.6 Å². The number of para-hydroxylation sites is 2. The van der Waals surface area contributed by atoms with Gasteiger partial charge in [-0.2, -0.15) is 0 Å². The molecule has 0 radical (unpaired) electrons. The summed E-state index contributed by atoms with van der Waals surface area (Å²) in [7, 11) is 2.14. The van der Waals surface area contributed by atoms with Crippen LogP contribution in [-0.4, -0.2) is 50.6 Å². The third kappa shape index (κ3) is 5.73. The van der Waals surface area contributed by atoms with E-state index in [1.807, 2.05) is 49.4 Å². The van der Waals surface area contributed by atoms with Gasteiger partial charge in [0.25, 0.3) is 0 Å². The highest BCUT2D eigenvalue weighted by Gasteiger charge is 2.17. The lowest BCUT2D eigenvalue weighted by Crippen LogP contribution is -2.44. The highest BCUT2D eigenvalue weighted by Crippen LogP contribution is 2.26. The molecule has 1 N–H and O–H groups in total. The quantitative estimate of drug-likeness (QED) is 0.760. The minimum absolute atomic E-state index is 0.0316. The summed E-state index contributed by atoms with van der Waals surface area (Å²) in [4.78, 5) is 17.0. The van der Waals surface area contributed by atoms with E-state index in [0.29, 0.717) is 19.4 Å². The Labute approximate surface area is 161 Å². The maximum Gasteiger partial charge on any atom is 0.224 e. The number of amides is 1. The van der Waals surface area contributed by atoms with Crippen molar-refractivity contribution in [2.24, 2.45) is 0 Å². The molecule has 1 amide bonds. The summed E-state index contributed by atoms with van der Waals surface area (Å²) >= 11 is 0. The number of nitrogens with zero attached hydrogens (tertiary/aromatic N) is 2. The van der Waals surface area contributed by atoms with Crippen LogP contribution in [0.5, 0.6) is 5.75 Å². The molecule has 0 saturated carbocycles. The number of nitrogens with one attached hydrogen (secondary N) is 1. The van der Waals surface area contributed by atoms with Crippen molar-refractivity contribution in [3.05, 3.63) is 54.1 Å². The van der Waals surface area contributed by atoms with Crippen molar-refractivity contribution in [2.75, 3.05) is 50.1 Å². The van der Waals surface area contributed by atoms with Gasteiger partial charge in [0.1, 0.15) is 5.75 Å². The molecule has 144 valence electrons. The van der Waals surface area contributed by atoms with Gasteiger partial charge in [-0.1, -0.05) is 29.8 Å². The normalized spacial score (nSPS) is 14.8. The van der Waals surface area contributed by atoms with E-state index in [1.165, 1.54) is 5.56 Å². The Morgan fingerprint density at radius 1 is 1.04 bits per heavy atom. The fraction of sp³-hybridized carbons (Fsp3) is 0.409. The number of likely N-dealkylation sites (N-methyl/N-ethyl adjacent to an activating group) is 1. The molecule has 2 aromatic carbocycles. The van der Waals surface area contributed by atoms with Crippen molar-refractivity contribution in [3.8, 4) is 5.75 Å². The van der Waals surface area contributed by atoms with E-state index < -0.39 is 0 Å². The molecule has 1 aliphatic heterocycles. The summed E-state index contributed by atoms with van der Waals surface area (Å²) in [6.45, 7) is 6.63. The van der Waals surface area contributed by atoms with Crippen molar-refractivity contribution in [3.63, 3.8) is 0 Å². The topological polar surface area (TPSA) is 44.8 Å². The second kappa shape index (κ2) is 9.42. The van der Waals surface area contributed by atoms with Gasteiger partial charge in [0.15, 0.2) is 0 Å². The number of rotatable bonds is 7. The van der Waals surface area contributed by atoms with E-state index in [-0.39, 0.29) is 5.91 Å². The molecular weight excluding hydrogens is 338 g/mol. The summed E-state index contributed by atoms with van der Waals surface area (Å²) in [6, 6.07) is 16.0. The molecular formula is C22H29N3O2. The van der Waals surface area contributed by atoms with Gasteiger partial charge in [-0.25, -0.2) is 0 Å². The number of hydrogen-bond donors (Lipinski definition) is 1. The Morgan fingerprint density at radius 2 is 1.74 bits per heavy atom. The SMILES string of the molecule is Cc1ccc(OCCCC(=O)Nc2ccccc2N2CCN(C)CC2)cc1. The average Bonchev–Trinajstić information content (AvgIpc) is 2.68. The number of piperazine rings is 1. The van der Waals surface area contributed by atoms with Crippen LogP contribution in [0, 0.1) is 6.92 Å². The highest BCUT2D eigenvalue weighted by atomic mass is 16.5. The lowest BCUT2D eigenvalue weighted by atomic mass is 10.2. The Morgan fingerprint density at radius 3 is 2.48 bits per heavy atom. The van der Waals surface area contributed by atoms with Crippen molar-refractivity contribution >= 4 is 17.3 Å². The first-order chi connectivity index (χ1) is 13.1. The third-order valence-electron chi connectivity index (χ3n) is 4.86. The molecule has 0 bridgehead atoms. The summed E-state index contributed by atoms with van der Waals surface area (Å²) in [5.41, 5.74) is 3.21. The van der Waals surface area contributed by atoms with Gasteiger partial charge in [-0.15, -0.1) is 0 Å². The van der Waals surface area contributed by atoms with E-state index in [2.05, 4.69) is 28.2 Å². The lowest BCUT2D eigenvalue weighted by molar-refractivity contribution is -0.116. The third-order valence-corrected chi connectivity index (χ3v) is 4.86. The van der Waals surface area contributed by atoms with Crippen molar-refractivity contribution < 1.29 is 9.53 Å². The van der Waals surface area contributed by atoms with E-state index >= 15 is 0 Å². The van der Waals surface area contributed by atoms with Crippen LogP contribution in [0.25, 0.3) is 0 Å². The van der Waals surface area contributed by atoms with Crippen LogP contribution in [-0.2, 0) is 4.79 Å². The number of ether oxygens (including phenoxy) is 1. The molecule has 0 atom stereocenters. The van der Waals surface area contributed by atoms with Gasteiger partial charge in [0.2, 0.25) is 5.91 Å². The maximum atomic E-state index is 12.4. The highest BCUT2D eigenvalue weighted by molar-refractivity contribution is 5.94. The number of hydrogen-bond acceptors (Lipinski definition) is 4. The molecule has 0 unspecified atom stereocenters. The number of aryl methyl sites for hydroxylation is 1. The van der Waals surface area contributed by atoms with Crippen LogP contribution < -0.4 is 15.0 Å². The number of benzene rings is 2. The molecule has 2 aromatic rings. The molecule has 0 aliphatic carbocycles. The zero-order valence-corrected chi connectivity index (χ0v) is 16.3. The summed E-state index contributed by atoms with van der Waals surface area (Å²) < 4.78 is 5.70. The van der Waals surface area contributed by atoms with Crippen LogP contribution in [0.2, 0.25) is 0 Å². The fourth-order valence-corrected chi connectivity index (χ4v) is 3.17. The predicted octanol–water partition coefficient (Wildman–Crippen LogP) is 3.54. The molecule has 0 aromatic heterocycles. The first-order valence-corrected chi connectivity index (χ1v) is 9.63. The molecule has 0 spiro atoms. The van der Waals surface area contributed by atoms with Crippen molar-refractivity contribution in [1.29, 1.82) is 0 Å². The Balaban J connectivity index is 1.47. The second-order valence-corrected chi connectivity index (χ2v) is 7.12. The lowest BCUT2D eigenvalue weighted by Gasteiger charge is -2.35. The minimum Gasteiger partial charge on any atom is -0.494 e. The van der Waals surface area contributed by atoms with Gasteiger partial charge >= 0.3 is 0 Å². The predicted molar refractivity (Wildman–Crippen MR) is 111 cm³/mol. The number of anilines is 2. The Kier molecular flexibility index (Phi) is 6.71. The van der Waals surface area contributed by atoms with E-state index in [9.17, 15) is 4.79 Å². The molecule has 27 heavy (non-hydrogen) atoms. The molecule has 3 rings (SSSR count). The van der Waals surface area contributed by atoms with Gasteiger partial charge in [-0.3, -0.25) is 4.79 Å². The molecule has 1 saturated heterocycles. The molecule has 5 nitrogen and oxygen atoms in total. The van der Waals surface area contributed by atoms with Crippen molar-refractivity contribution in [2.45, 2.75) is 19.8 Å². The summed E-state index contributed by atoms with van der Waals surface area (Å²) in [6.07, 6.45) is 1.14. The van der Waals surface area contributed by atoms with Crippen LogP contribution in [0.3, 0.4) is 0 Å². The maximum absolute atomic E-state index is 12.4. The smallest absolute Gasteiger partial charge is 0.224 e. The number of carbonyl (C=O) groups is 1. The molecule has 1 fully saturated rings. The largest absolute Gasteiger partial charge is 0.494 e. The first kappa shape index (κ1) is 19.2. The minimum atomic E-state index is 0.0316. The standard InChI is InChI=1S/C22H29N3O2/c1-18-9-11-19(12-10-18)27-17-5-8-22(26)23-20-6-3-4-7-21(20)25-15-13-24(2)14-16-25/h3-4,6-7,9-12H,5,8,13-17H2,1-2H3,(H,23,26). The van der Waals surface area contributed by atoms with Crippen LogP contribution >= 0.6 is 0 Å². The second-order valence-electron chi connectivity index (χ2n) is 7.12. The van der Waals surface area contributed by atoms with Crippen molar-refractivity contribution in [1.82, 2.24) is 4.90 Å². The van der Waals surface area contributed by atoms with Gasteiger partial charge < -0.3 is 19.9 Å². The molecule has 1 aliphatic rings. The van der Waals surface area contributed by atoms with Crippen LogP contribution in [0.15, 0.2) is 48.5 Å². The van der Waals surface area contributed by atoms with E-state index in [1.54, 1.807) is 0 Å². The van der Waals surface area contributed by atoms with E-state index in [4.69, 9.17) is 4.74 Å². The van der Waals surface area contributed by atoms with Crippen LogP contribution in [0.1, 0.15) is 18.4 Å². The summed E-state index contributed by atoms with van der Waals surface area (Å²) in [5, 5.41) is 3.08. The van der Waals surface area contributed by atoms with Gasteiger partial charge in [0.05, 0.1) is 18.0 Å².